The molecule has 1 aliphatic heterocycles. The number of para-hydroxylation sites is 1. The van der Waals surface area contributed by atoms with Crippen LogP contribution in [0, 0.1) is 20.2 Å². The molecule has 2 N–H and O–H groups in total. The summed E-state index contributed by atoms with van der Waals surface area (Å²) in [6.07, 6.45) is 0. The maximum Gasteiger partial charge on any atom is 0.323 e. The average molecular weight is 427 g/mol. The highest BCUT2D eigenvalue weighted by atomic mass is 16.6. The second-order valence-electron chi connectivity index (χ2n) is 6.44. The van der Waals surface area contributed by atoms with Crippen LogP contribution in [-0.4, -0.2) is 49.2 Å². The molecule has 0 aliphatic carbocycles. The fraction of sp³-hybridized carbons (Fsp3) is 0.105. The highest BCUT2D eigenvalue weighted by Crippen LogP contribution is 2.42. The van der Waals surface area contributed by atoms with E-state index in [1.165, 1.54) is 18.2 Å². The van der Waals surface area contributed by atoms with E-state index in [-0.39, 0.29) is 16.8 Å². The van der Waals surface area contributed by atoms with Gasteiger partial charge in [0.15, 0.2) is 0 Å². The number of non-ortho nitro benzene ring substituents is 1. The monoisotopic (exact) mass is 427 g/mol. The van der Waals surface area contributed by atoms with E-state index in [0.717, 1.165) is 30.3 Å². The van der Waals surface area contributed by atoms with Crippen molar-refractivity contribution in [1.82, 2.24) is 4.90 Å². The zero-order valence-corrected chi connectivity index (χ0v) is 15.5. The average Bonchev–Trinajstić information content (AvgIpc) is 2.97. The van der Waals surface area contributed by atoms with Gasteiger partial charge in [-0.15, -0.1) is 0 Å². The summed E-state index contributed by atoms with van der Waals surface area (Å²) in [6.45, 7) is -0.946. The Balaban J connectivity index is 2.25. The van der Waals surface area contributed by atoms with Crippen LogP contribution in [0.1, 0.15) is 17.2 Å². The number of carbonyl (C=O) groups is 3. The molecule has 158 valence electrons. The first-order valence-electron chi connectivity index (χ1n) is 8.61. The Morgan fingerprint density at radius 2 is 1.58 bits per heavy atom. The van der Waals surface area contributed by atoms with E-state index in [4.69, 9.17) is 5.11 Å². The SMILES string of the molecule is O=C(O)CN1C(=O)C(=O)/C(=C(\O)c2ccc([N+](=O)[O-])cc2)C1c1ccccc1[N+](=O)[O-]. The Morgan fingerprint density at radius 1 is 0.968 bits per heavy atom. The van der Waals surface area contributed by atoms with Gasteiger partial charge in [0.2, 0.25) is 0 Å². The highest BCUT2D eigenvalue weighted by Gasteiger charge is 2.48. The highest BCUT2D eigenvalue weighted by molar-refractivity contribution is 6.47. The number of rotatable bonds is 6. The van der Waals surface area contributed by atoms with E-state index in [1.807, 2.05) is 0 Å². The Labute approximate surface area is 172 Å². The minimum absolute atomic E-state index is 0.0671. The Bertz CT molecular complexity index is 1150. The van der Waals surface area contributed by atoms with Crippen molar-refractivity contribution in [3.63, 3.8) is 0 Å². The summed E-state index contributed by atoms with van der Waals surface area (Å²) < 4.78 is 0. The lowest BCUT2D eigenvalue weighted by Crippen LogP contribution is -2.34. The molecule has 12 nitrogen and oxygen atoms in total. The van der Waals surface area contributed by atoms with Gasteiger partial charge in [0.05, 0.1) is 27.0 Å². The van der Waals surface area contributed by atoms with Crippen molar-refractivity contribution in [2.45, 2.75) is 6.04 Å². The van der Waals surface area contributed by atoms with Crippen LogP contribution in [0.2, 0.25) is 0 Å². The number of nitro benzene ring substituents is 2. The molecule has 1 heterocycles. The zero-order valence-electron chi connectivity index (χ0n) is 15.5. The number of aliphatic hydroxyl groups excluding tert-OH is 1. The Morgan fingerprint density at radius 3 is 2.13 bits per heavy atom. The number of carbonyl (C=O) groups excluding carboxylic acids is 2. The number of ketones is 1. The minimum atomic E-state index is -1.55. The largest absolute Gasteiger partial charge is 0.507 e. The summed E-state index contributed by atoms with van der Waals surface area (Å²) in [5.74, 6) is -4.71. The fourth-order valence-corrected chi connectivity index (χ4v) is 3.29. The van der Waals surface area contributed by atoms with E-state index in [9.17, 15) is 39.7 Å². The fourth-order valence-electron chi connectivity index (χ4n) is 3.29. The van der Waals surface area contributed by atoms with E-state index in [2.05, 4.69) is 0 Å². The molecule has 1 saturated heterocycles. The zero-order chi connectivity index (χ0) is 22.9. The molecule has 12 heteroatoms. The van der Waals surface area contributed by atoms with Crippen LogP contribution in [0.15, 0.2) is 54.1 Å². The predicted molar refractivity (Wildman–Crippen MR) is 103 cm³/mol. The van der Waals surface area contributed by atoms with Gasteiger partial charge >= 0.3 is 5.97 Å². The maximum atomic E-state index is 12.7. The number of benzene rings is 2. The molecule has 31 heavy (non-hydrogen) atoms. The van der Waals surface area contributed by atoms with E-state index >= 15 is 0 Å². The second kappa shape index (κ2) is 8.02. The van der Waals surface area contributed by atoms with Crippen LogP contribution in [0.25, 0.3) is 5.76 Å². The predicted octanol–water partition coefficient (Wildman–Crippen LogP) is 2.01. The summed E-state index contributed by atoms with van der Waals surface area (Å²) in [5, 5.41) is 42.2. The summed E-state index contributed by atoms with van der Waals surface area (Å²) in [5.41, 5.74) is -1.58. The minimum Gasteiger partial charge on any atom is -0.507 e. The lowest BCUT2D eigenvalue weighted by molar-refractivity contribution is -0.385. The van der Waals surface area contributed by atoms with Gasteiger partial charge in [0.25, 0.3) is 23.1 Å². The van der Waals surface area contributed by atoms with Crippen molar-refractivity contribution in [2.24, 2.45) is 0 Å². The number of amides is 1. The van der Waals surface area contributed by atoms with Crippen molar-refractivity contribution in [2.75, 3.05) is 6.54 Å². The van der Waals surface area contributed by atoms with Gasteiger partial charge in [-0.2, -0.15) is 0 Å². The first kappa shape index (κ1) is 21.1. The first-order chi connectivity index (χ1) is 14.6. The lowest BCUT2D eigenvalue weighted by atomic mass is 9.94. The van der Waals surface area contributed by atoms with E-state index < -0.39 is 57.1 Å². The first-order valence-corrected chi connectivity index (χ1v) is 8.61. The van der Waals surface area contributed by atoms with E-state index in [0.29, 0.717) is 4.90 Å². The molecule has 0 bridgehead atoms. The molecule has 1 amide bonds. The molecule has 0 saturated carbocycles. The molecule has 0 radical (unpaired) electrons. The third-order valence-electron chi connectivity index (χ3n) is 4.63. The number of carboxylic acid groups (broad SMARTS) is 1. The number of hydrogen-bond acceptors (Lipinski definition) is 8. The lowest BCUT2D eigenvalue weighted by Gasteiger charge is -2.23. The summed E-state index contributed by atoms with van der Waals surface area (Å²) in [7, 11) is 0. The number of aliphatic carboxylic acids is 1. The van der Waals surface area contributed by atoms with Gasteiger partial charge < -0.3 is 15.1 Å². The number of hydrogen-bond donors (Lipinski definition) is 2. The molecule has 1 fully saturated rings. The molecule has 0 spiro atoms. The number of nitrogens with zero attached hydrogens (tertiary/aromatic N) is 3. The Kier molecular flexibility index (Phi) is 5.46. The van der Waals surface area contributed by atoms with Crippen molar-refractivity contribution in [1.29, 1.82) is 0 Å². The molecule has 3 rings (SSSR count). The van der Waals surface area contributed by atoms with Gasteiger partial charge in [0.1, 0.15) is 12.3 Å². The third kappa shape index (κ3) is 3.81. The van der Waals surface area contributed by atoms with Crippen LogP contribution in [-0.2, 0) is 14.4 Å². The van der Waals surface area contributed by atoms with E-state index in [1.54, 1.807) is 0 Å². The van der Waals surface area contributed by atoms with Gasteiger partial charge in [-0.05, 0) is 18.2 Å². The smallest absolute Gasteiger partial charge is 0.323 e. The number of carboxylic acids is 1. The summed E-state index contributed by atoms with van der Waals surface area (Å²) in [4.78, 5) is 57.9. The van der Waals surface area contributed by atoms with Crippen molar-refractivity contribution >= 4 is 34.8 Å². The number of nitro groups is 2. The normalized spacial score (nSPS) is 17.5. The molecule has 2 aromatic rings. The molecular formula is C19H13N3O9. The van der Waals surface area contributed by atoms with Gasteiger partial charge in [-0.1, -0.05) is 12.1 Å². The quantitative estimate of drug-likeness (QED) is 0.229. The number of Topliss-reactive ketones (excluding diaryl/α,β-unsaturated/α-hetero) is 1. The standard InChI is InChI=1S/C19H13N3O9/c23-14(24)9-20-16(12-3-1-2-4-13(12)22(30)31)15(18(26)19(20)27)17(25)10-5-7-11(8-6-10)21(28)29/h1-8,16,25H,9H2,(H,23,24)/b17-15-. The second-order valence-corrected chi connectivity index (χ2v) is 6.44. The molecule has 1 unspecified atom stereocenters. The Hall–Kier alpha value is -4.61. The molecule has 0 aromatic heterocycles. The number of likely N-dealkylation sites (tertiary alicyclic amines) is 1. The topological polar surface area (TPSA) is 181 Å². The molecular weight excluding hydrogens is 414 g/mol. The summed E-state index contributed by atoms with van der Waals surface area (Å²) >= 11 is 0. The maximum absolute atomic E-state index is 12.7. The number of aliphatic hydroxyl groups is 1. The third-order valence-corrected chi connectivity index (χ3v) is 4.63. The van der Waals surface area contributed by atoms with Crippen molar-refractivity contribution in [3.05, 3.63) is 85.5 Å². The van der Waals surface area contributed by atoms with Crippen LogP contribution < -0.4 is 0 Å². The molecule has 1 aliphatic rings. The van der Waals surface area contributed by atoms with Crippen LogP contribution in [0.3, 0.4) is 0 Å². The van der Waals surface area contributed by atoms with Crippen molar-refractivity contribution in [3.8, 4) is 0 Å². The van der Waals surface area contributed by atoms with Gasteiger partial charge in [-0.25, -0.2) is 0 Å². The van der Waals surface area contributed by atoms with Gasteiger partial charge in [-0.3, -0.25) is 34.6 Å². The van der Waals surface area contributed by atoms with Crippen LogP contribution in [0.4, 0.5) is 11.4 Å². The van der Waals surface area contributed by atoms with Crippen molar-refractivity contribution < 1.29 is 34.4 Å². The molecule has 2 aromatic carbocycles. The van der Waals surface area contributed by atoms with Crippen LogP contribution >= 0.6 is 0 Å². The van der Waals surface area contributed by atoms with Gasteiger partial charge in [0, 0.05) is 23.8 Å². The summed E-state index contributed by atoms with van der Waals surface area (Å²) in [6, 6.07) is 7.94. The molecule has 1 atom stereocenters. The van der Waals surface area contributed by atoms with Crippen LogP contribution in [0.5, 0.6) is 0 Å².